The summed E-state index contributed by atoms with van der Waals surface area (Å²) in [5, 5.41) is 11.5. The molecule has 2 aromatic rings. The maximum absolute atomic E-state index is 13.8. The zero-order valence-corrected chi connectivity index (χ0v) is 10.3. The van der Waals surface area contributed by atoms with Crippen molar-refractivity contribution in [3.8, 4) is 0 Å². The minimum atomic E-state index is -0.312. The van der Waals surface area contributed by atoms with Crippen molar-refractivity contribution >= 4 is 11.8 Å². The number of halogens is 1. The normalized spacial score (nSPS) is 12.7. The maximum Gasteiger partial charge on any atom is 0.213 e. The number of rotatable bonds is 3. The predicted molar refractivity (Wildman–Crippen MR) is 61.9 cm³/mol. The number of tetrazole rings is 1. The van der Waals surface area contributed by atoms with Crippen LogP contribution in [0.1, 0.15) is 18.5 Å². The van der Waals surface area contributed by atoms with Crippen molar-refractivity contribution in [2.45, 2.75) is 23.0 Å². The van der Waals surface area contributed by atoms with E-state index in [-0.39, 0.29) is 11.9 Å². The van der Waals surface area contributed by atoms with Crippen LogP contribution >= 0.6 is 11.8 Å². The number of aromatic nitrogens is 4. The lowest BCUT2D eigenvalue weighted by atomic mass is 10.1. The molecule has 7 heteroatoms. The van der Waals surface area contributed by atoms with Gasteiger partial charge >= 0.3 is 0 Å². The smallest absolute Gasteiger partial charge is 0.213 e. The Labute approximate surface area is 102 Å². The van der Waals surface area contributed by atoms with Crippen LogP contribution in [0.2, 0.25) is 0 Å². The Kier molecular flexibility index (Phi) is 3.39. The third kappa shape index (κ3) is 2.62. The Morgan fingerprint density at radius 3 is 2.76 bits per heavy atom. The van der Waals surface area contributed by atoms with Gasteiger partial charge in [-0.25, -0.2) is 9.07 Å². The minimum absolute atomic E-state index is 0.181. The molecule has 0 amide bonds. The van der Waals surface area contributed by atoms with Crippen molar-refractivity contribution in [1.82, 2.24) is 20.2 Å². The van der Waals surface area contributed by atoms with Gasteiger partial charge in [-0.05, 0) is 46.8 Å². The van der Waals surface area contributed by atoms with Crippen molar-refractivity contribution in [3.63, 3.8) is 0 Å². The van der Waals surface area contributed by atoms with Crippen molar-refractivity contribution in [3.05, 3.63) is 29.6 Å². The lowest BCUT2D eigenvalue weighted by Crippen LogP contribution is -2.05. The summed E-state index contributed by atoms with van der Waals surface area (Å²) in [4.78, 5) is 0.479. The largest absolute Gasteiger partial charge is 0.324 e. The Morgan fingerprint density at radius 2 is 2.24 bits per heavy atom. The summed E-state index contributed by atoms with van der Waals surface area (Å²) >= 11 is 1.18. The molecular formula is C10H12FN5S. The number of hydrogen-bond acceptors (Lipinski definition) is 5. The number of hydrogen-bond donors (Lipinski definition) is 1. The first-order valence-corrected chi connectivity index (χ1v) is 5.85. The average molecular weight is 253 g/mol. The maximum atomic E-state index is 13.8. The number of aryl methyl sites for hydroxylation is 1. The SMILES string of the molecule is CC(N)c1ccc(Sc2nnnn2C)c(F)c1. The second-order valence-electron chi connectivity index (χ2n) is 3.67. The van der Waals surface area contributed by atoms with Gasteiger partial charge in [0.05, 0.1) is 4.90 Å². The van der Waals surface area contributed by atoms with E-state index in [0.717, 1.165) is 5.56 Å². The first-order chi connectivity index (χ1) is 8.08. The van der Waals surface area contributed by atoms with Crippen molar-refractivity contribution < 1.29 is 4.39 Å². The van der Waals surface area contributed by atoms with Crippen LogP contribution in [0.3, 0.4) is 0 Å². The molecule has 0 saturated heterocycles. The molecule has 0 aliphatic rings. The highest BCUT2D eigenvalue weighted by atomic mass is 32.2. The Bertz CT molecular complexity index is 525. The molecule has 1 aromatic carbocycles. The summed E-state index contributed by atoms with van der Waals surface area (Å²) in [6.07, 6.45) is 0. The van der Waals surface area contributed by atoms with Crippen LogP contribution < -0.4 is 5.73 Å². The molecule has 17 heavy (non-hydrogen) atoms. The van der Waals surface area contributed by atoms with Gasteiger partial charge in [-0.1, -0.05) is 6.07 Å². The Hall–Kier alpha value is -1.47. The van der Waals surface area contributed by atoms with Crippen LogP contribution in [0.15, 0.2) is 28.3 Å². The molecule has 1 heterocycles. The molecule has 0 fully saturated rings. The van der Waals surface area contributed by atoms with Gasteiger partial charge < -0.3 is 5.73 Å². The van der Waals surface area contributed by atoms with Crippen LogP contribution in [0.5, 0.6) is 0 Å². The van der Waals surface area contributed by atoms with Gasteiger partial charge in [-0.15, -0.1) is 5.10 Å². The quantitative estimate of drug-likeness (QED) is 0.898. The molecule has 1 unspecified atom stereocenters. The fraction of sp³-hybridized carbons (Fsp3) is 0.300. The van der Waals surface area contributed by atoms with E-state index in [1.165, 1.54) is 22.5 Å². The topological polar surface area (TPSA) is 69.6 Å². The molecular weight excluding hydrogens is 241 g/mol. The molecule has 0 aliphatic heterocycles. The van der Waals surface area contributed by atoms with Gasteiger partial charge in [-0.2, -0.15) is 0 Å². The van der Waals surface area contributed by atoms with Crippen LogP contribution in [0.4, 0.5) is 4.39 Å². The summed E-state index contributed by atoms with van der Waals surface area (Å²) in [5.74, 6) is -0.312. The lowest BCUT2D eigenvalue weighted by molar-refractivity contribution is 0.595. The first kappa shape index (κ1) is 12.0. The van der Waals surface area contributed by atoms with Gasteiger partial charge in [0.1, 0.15) is 5.82 Å². The molecule has 0 aliphatic carbocycles. The van der Waals surface area contributed by atoms with Gasteiger partial charge in [-0.3, -0.25) is 0 Å². The van der Waals surface area contributed by atoms with Crippen molar-refractivity contribution in [2.75, 3.05) is 0 Å². The summed E-state index contributed by atoms with van der Waals surface area (Å²) in [5.41, 5.74) is 6.45. The third-order valence-corrected chi connectivity index (χ3v) is 3.34. The monoisotopic (exact) mass is 253 g/mol. The molecule has 0 saturated carbocycles. The van der Waals surface area contributed by atoms with E-state index in [1.54, 1.807) is 19.2 Å². The summed E-state index contributed by atoms with van der Waals surface area (Å²) in [7, 11) is 1.70. The van der Waals surface area contributed by atoms with E-state index in [4.69, 9.17) is 5.73 Å². The zero-order chi connectivity index (χ0) is 12.4. The number of nitrogens with two attached hydrogens (primary N) is 1. The molecule has 90 valence electrons. The second-order valence-corrected chi connectivity index (χ2v) is 4.67. The van der Waals surface area contributed by atoms with E-state index in [2.05, 4.69) is 15.5 Å². The first-order valence-electron chi connectivity index (χ1n) is 5.03. The average Bonchev–Trinajstić information content (AvgIpc) is 2.67. The van der Waals surface area contributed by atoms with Gasteiger partial charge in [0, 0.05) is 13.1 Å². The van der Waals surface area contributed by atoms with Crippen molar-refractivity contribution in [2.24, 2.45) is 12.8 Å². The summed E-state index contributed by atoms with van der Waals surface area (Å²) < 4.78 is 15.3. The van der Waals surface area contributed by atoms with E-state index in [9.17, 15) is 4.39 Å². The molecule has 0 radical (unpaired) electrons. The van der Waals surface area contributed by atoms with Crippen LogP contribution in [0, 0.1) is 5.82 Å². The van der Waals surface area contributed by atoms with Crippen molar-refractivity contribution in [1.29, 1.82) is 0 Å². The van der Waals surface area contributed by atoms with E-state index in [1.807, 2.05) is 6.92 Å². The molecule has 5 nitrogen and oxygen atoms in total. The number of benzene rings is 1. The molecule has 0 bridgehead atoms. The van der Waals surface area contributed by atoms with E-state index in [0.29, 0.717) is 10.1 Å². The standard InChI is InChI=1S/C10H12FN5S/c1-6(12)7-3-4-9(8(11)5-7)17-10-13-14-15-16(10)2/h3-6H,12H2,1-2H3. The molecule has 1 aromatic heterocycles. The predicted octanol–water partition coefficient (Wildman–Crippen LogP) is 1.52. The highest BCUT2D eigenvalue weighted by Gasteiger charge is 2.11. The Balaban J connectivity index is 2.26. The van der Waals surface area contributed by atoms with Gasteiger partial charge in [0.25, 0.3) is 0 Å². The highest BCUT2D eigenvalue weighted by molar-refractivity contribution is 7.99. The lowest BCUT2D eigenvalue weighted by Gasteiger charge is -2.07. The third-order valence-electron chi connectivity index (χ3n) is 2.26. The van der Waals surface area contributed by atoms with Crippen LogP contribution in [-0.2, 0) is 7.05 Å². The molecule has 2 rings (SSSR count). The number of nitrogens with zero attached hydrogens (tertiary/aromatic N) is 4. The van der Waals surface area contributed by atoms with E-state index < -0.39 is 0 Å². The van der Waals surface area contributed by atoms with Crippen LogP contribution in [0.25, 0.3) is 0 Å². The fourth-order valence-corrected chi connectivity index (χ4v) is 2.02. The molecule has 0 spiro atoms. The van der Waals surface area contributed by atoms with Gasteiger partial charge in [0.15, 0.2) is 0 Å². The zero-order valence-electron chi connectivity index (χ0n) is 9.46. The molecule has 1 atom stereocenters. The molecule has 2 N–H and O–H groups in total. The second kappa shape index (κ2) is 4.80. The highest BCUT2D eigenvalue weighted by Crippen LogP contribution is 2.28. The fourth-order valence-electron chi connectivity index (χ4n) is 1.29. The Morgan fingerprint density at radius 1 is 1.47 bits per heavy atom. The summed E-state index contributed by atoms with van der Waals surface area (Å²) in [6.45, 7) is 1.81. The van der Waals surface area contributed by atoms with Crippen LogP contribution in [-0.4, -0.2) is 20.2 Å². The summed E-state index contributed by atoms with van der Waals surface area (Å²) in [6, 6.07) is 4.75. The minimum Gasteiger partial charge on any atom is -0.324 e. The van der Waals surface area contributed by atoms with Gasteiger partial charge in [0.2, 0.25) is 5.16 Å². The van der Waals surface area contributed by atoms with E-state index >= 15 is 0 Å².